The molecule has 0 aliphatic heterocycles. The first kappa shape index (κ1) is 18.1. The number of carboxylic acid groups (broad SMARTS) is 1. The highest BCUT2D eigenvalue weighted by atomic mass is 16.5. The standard InChI is InChI=1S/C26H19NO3/c28-26(29)24-21-11-4-5-12-23(21)27-25-18(13-14-22(24)25)15-17-7-6-10-20(16-17)30-19-8-2-1-3-9-19/h1-12,15-16H,13-14H2,(H,28,29)/p-1/b18-15+. The summed E-state index contributed by atoms with van der Waals surface area (Å²) >= 11 is 0. The minimum Gasteiger partial charge on any atom is -0.545 e. The fraction of sp³-hybridized carbons (Fsp3) is 0.0769. The molecule has 0 fully saturated rings. The number of aromatic carboxylic acids is 1. The number of carbonyl (C=O) groups excluding carboxylic acids is 1. The van der Waals surface area contributed by atoms with Gasteiger partial charge < -0.3 is 14.6 Å². The molecule has 0 bridgehead atoms. The lowest BCUT2D eigenvalue weighted by atomic mass is 10.0. The predicted octanol–water partition coefficient (Wildman–Crippen LogP) is 4.88. The van der Waals surface area contributed by atoms with Gasteiger partial charge in [0.25, 0.3) is 0 Å². The molecule has 30 heavy (non-hydrogen) atoms. The van der Waals surface area contributed by atoms with Crippen molar-refractivity contribution in [3.63, 3.8) is 0 Å². The van der Waals surface area contributed by atoms with Crippen LogP contribution in [-0.4, -0.2) is 11.0 Å². The monoisotopic (exact) mass is 392 g/mol. The van der Waals surface area contributed by atoms with Crippen LogP contribution < -0.4 is 9.84 Å². The molecule has 1 aliphatic rings. The highest BCUT2D eigenvalue weighted by molar-refractivity contribution is 6.05. The van der Waals surface area contributed by atoms with E-state index in [0.29, 0.717) is 17.3 Å². The molecular weight excluding hydrogens is 374 g/mol. The Hall–Kier alpha value is -3.92. The zero-order valence-corrected chi connectivity index (χ0v) is 16.2. The van der Waals surface area contributed by atoms with Crippen LogP contribution in [0.4, 0.5) is 0 Å². The molecule has 146 valence electrons. The molecule has 1 aromatic heterocycles. The van der Waals surface area contributed by atoms with Gasteiger partial charge >= 0.3 is 0 Å². The van der Waals surface area contributed by atoms with Crippen LogP contribution in [0, 0.1) is 0 Å². The largest absolute Gasteiger partial charge is 0.545 e. The number of ether oxygens (including phenoxy) is 1. The van der Waals surface area contributed by atoms with Crippen molar-refractivity contribution in [2.24, 2.45) is 0 Å². The molecule has 5 rings (SSSR count). The molecular formula is C26H18NO3-. The molecule has 4 aromatic rings. The normalized spacial score (nSPS) is 14.1. The van der Waals surface area contributed by atoms with Crippen molar-refractivity contribution >= 4 is 28.5 Å². The van der Waals surface area contributed by atoms with Gasteiger partial charge in [0, 0.05) is 10.9 Å². The number of para-hydroxylation sites is 2. The van der Waals surface area contributed by atoms with Gasteiger partial charge in [0.05, 0.1) is 17.2 Å². The second-order valence-electron chi connectivity index (χ2n) is 7.28. The minimum atomic E-state index is -1.15. The summed E-state index contributed by atoms with van der Waals surface area (Å²) in [6, 6.07) is 24.8. The van der Waals surface area contributed by atoms with Crippen LogP contribution in [0.5, 0.6) is 11.5 Å². The first-order chi connectivity index (χ1) is 14.7. The fourth-order valence-electron chi connectivity index (χ4n) is 4.01. The maximum atomic E-state index is 11.9. The second-order valence-corrected chi connectivity index (χ2v) is 7.28. The molecule has 0 unspecified atom stereocenters. The van der Waals surface area contributed by atoms with Crippen LogP contribution in [0.15, 0.2) is 78.9 Å². The first-order valence-electron chi connectivity index (χ1n) is 9.86. The van der Waals surface area contributed by atoms with Crippen LogP contribution in [0.2, 0.25) is 0 Å². The molecule has 0 N–H and O–H groups in total. The van der Waals surface area contributed by atoms with Crippen molar-refractivity contribution in [2.75, 3.05) is 0 Å². The lowest BCUT2D eigenvalue weighted by Crippen LogP contribution is -2.24. The molecule has 1 heterocycles. The van der Waals surface area contributed by atoms with E-state index in [0.717, 1.165) is 40.3 Å². The molecule has 0 amide bonds. The smallest absolute Gasteiger partial charge is 0.128 e. The van der Waals surface area contributed by atoms with Crippen molar-refractivity contribution in [1.29, 1.82) is 0 Å². The van der Waals surface area contributed by atoms with Gasteiger partial charge in [0.1, 0.15) is 11.5 Å². The molecule has 3 aromatic carbocycles. The van der Waals surface area contributed by atoms with E-state index in [2.05, 4.69) is 6.08 Å². The van der Waals surface area contributed by atoms with Crippen LogP contribution in [0.1, 0.15) is 33.6 Å². The molecule has 4 heteroatoms. The summed E-state index contributed by atoms with van der Waals surface area (Å²) in [7, 11) is 0. The Kier molecular flexibility index (Phi) is 4.52. The summed E-state index contributed by atoms with van der Waals surface area (Å²) in [5.74, 6) is 0.375. The van der Waals surface area contributed by atoms with Gasteiger partial charge in [-0.25, -0.2) is 4.98 Å². The predicted molar refractivity (Wildman–Crippen MR) is 115 cm³/mol. The molecule has 1 aliphatic carbocycles. The summed E-state index contributed by atoms with van der Waals surface area (Å²) < 4.78 is 5.93. The number of carbonyl (C=O) groups is 1. The summed E-state index contributed by atoms with van der Waals surface area (Å²) in [6.07, 6.45) is 3.44. The minimum absolute atomic E-state index is 0.264. The van der Waals surface area contributed by atoms with Gasteiger partial charge in [-0.15, -0.1) is 0 Å². The highest BCUT2D eigenvalue weighted by Gasteiger charge is 2.23. The van der Waals surface area contributed by atoms with Crippen LogP contribution >= 0.6 is 0 Å². The summed E-state index contributed by atoms with van der Waals surface area (Å²) in [6.45, 7) is 0. The SMILES string of the molecule is O=C([O-])c1c2c(nc3ccccc13)/C(=C/c1cccc(Oc3ccccc3)c1)CC2. The molecule has 0 spiro atoms. The third-order valence-electron chi connectivity index (χ3n) is 5.32. The van der Waals surface area contributed by atoms with Crippen molar-refractivity contribution in [3.05, 3.63) is 101 Å². The van der Waals surface area contributed by atoms with E-state index in [-0.39, 0.29) is 5.56 Å². The van der Waals surface area contributed by atoms with E-state index in [4.69, 9.17) is 9.72 Å². The third kappa shape index (κ3) is 3.33. The van der Waals surface area contributed by atoms with Crippen LogP contribution in [-0.2, 0) is 6.42 Å². The summed E-state index contributed by atoms with van der Waals surface area (Å²) in [5, 5.41) is 12.5. The Morgan fingerprint density at radius 3 is 2.50 bits per heavy atom. The zero-order chi connectivity index (χ0) is 20.5. The Morgan fingerprint density at radius 2 is 1.67 bits per heavy atom. The van der Waals surface area contributed by atoms with E-state index < -0.39 is 5.97 Å². The number of rotatable bonds is 4. The van der Waals surface area contributed by atoms with Crippen LogP contribution in [0.3, 0.4) is 0 Å². The Balaban J connectivity index is 1.55. The number of pyridine rings is 1. The Labute approximate surface area is 174 Å². The van der Waals surface area contributed by atoms with E-state index >= 15 is 0 Å². The van der Waals surface area contributed by atoms with Crippen molar-refractivity contribution in [1.82, 2.24) is 4.98 Å². The number of nitrogens with zero attached hydrogens (tertiary/aromatic N) is 1. The van der Waals surface area contributed by atoms with E-state index in [1.807, 2.05) is 72.8 Å². The number of hydrogen-bond acceptors (Lipinski definition) is 4. The van der Waals surface area contributed by atoms with Gasteiger partial charge in [0.2, 0.25) is 0 Å². The van der Waals surface area contributed by atoms with Gasteiger partial charge in [-0.05, 0) is 65.9 Å². The number of hydrogen-bond donors (Lipinski definition) is 0. The van der Waals surface area contributed by atoms with Gasteiger partial charge in [0.15, 0.2) is 0 Å². The van der Waals surface area contributed by atoms with Gasteiger partial charge in [-0.3, -0.25) is 0 Å². The highest BCUT2D eigenvalue weighted by Crippen LogP contribution is 2.37. The summed E-state index contributed by atoms with van der Waals surface area (Å²) in [5.41, 5.74) is 4.45. The van der Waals surface area contributed by atoms with Gasteiger partial charge in [-0.2, -0.15) is 0 Å². The van der Waals surface area contributed by atoms with E-state index in [9.17, 15) is 9.90 Å². The number of benzene rings is 3. The topological polar surface area (TPSA) is 62.2 Å². The molecule has 4 nitrogen and oxygen atoms in total. The first-order valence-corrected chi connectivity index (χ1v) is 9.86. The second kappa shape index (κ2) is 7.48. The fourth-order valence-corrected chi connectivity index (χ4v) is 4.01. The van der Waals surface area contributed by atoms with Crippen molar-refractivity contribution in [3.8, 4) is 11.5 Å². The van der Waals surface area contributed by atoms with E-state index in [1.54, 1.807) is 6.07 Å². The molecule has 0 atom stereocenters. The third-order valence-corrected chi connectivity index (χ3v) is 5.32. The molecule has 0 saturated carbocycles. The van der Waals surface area contributed by atoms with E-state index in [1.165, 1.54) is 0 Å². The summed E-state index contributed by atoms with van der Waals surface area (Å²) in [4.78, 5) is 16.7. The maximum Gasteiger partial charge on any atom is 0.128 e. The lowest BCUT2D eigenvalue weighted by Gasteiger charge is -2.13. The molecule has 0 radical (unpaired) electrons. The van der Waals surface area contributed by atoms with Crippen molar-refractivity contribution in [2.45, 2.75) is 12.8 Å². The Morgan fingerprint density at radius 1 is 0.900 bits per heavy atom. The van der Waals surface area contributed by atoms with Crippen molar-refractivity contribution < 1.29 is 14.6 Å². The quantitative estimate of drug-likeness (QED) is 0.497. The molecule has 0 saturated heterocycles. The number of carboxylic acids is 1. The zero-order valence-electron chi connectivity index (χ0n) is 16.2. The maximum absolute atomic E-state index is 11.9. The number of allylic oxidation sites excluding steroid dienone is 1. The van der Waals surface area contributed by atoms with Crippen LogP contribution in [0.25, 0.3) is 22.6 Å². The van der Waals surface area contributed by atoms with Gasteiger partial charge in [-0.1, -0.05) is 48.5 Å². The number of fused-ring (bicyclic) bond motifs is 2. The average molecular weight is 392 g/mol. The average Bonchev–Trinajstić information content (AvgIpc) is 3.14. The lowest BCUT2D eigenvalue weighted by molar-refractivity contribution is -0.254. The Bertz CT molecular complexity index is 1290. The number of aromatic nitrogens is 1.